The standard InChI is InChI=1S/C22H21NO2/c1-17(2)25-22-14-12-21(13-15-22)23(19-6-4-3-5-7-19)20-10-8-18(16-24)9-11-20/h3-17H,1-2H3. The number of carbonyl (C=O) groups excluding carboxylic acids is 1. The lowest BCUT2D eigenvalue weighted by Crippen LogP contribution is -2.10. The average molecular weight is 331 g/mol. The fourth-order valence-corrected chi connectivity index (χ4v) is 2.67. The molecule has 0 saturated heterocycles. The molecule has 3 nitrogen and oxygen atoms in total. The van der Waals surface area contributed by atoms with Crippen LogP contribution < -0.4 is 9.64 Å². The maximum absolute atomic E-state index is 10.9. The van der Waals surface area contributed by atoms with Gasteiger partial charge in [-0.1, -0.05) is 18.2 Å². The fourth-order valence-electron chi connectivity index (χ4n) is 2.67. The molecule has 0 aliphatic heterocycles. The maximum Gasteiger partial charge on any atom is 0.150 e. The van der Waals surface area contributed by atoms with Gasteiger partial charge in [0, 0.05) is 22.6 Å². The number of ether oxygens (including phenoxy) is 1. The Hall–Kier alpha value is -3.07. The first-order valence-corrected chi connectivity index (χ1v) is 8.34. The lowest BCUT2D eigenvalue weighted by Gasteiger charge is -2.25. The van der Waals surface area contributed by atoms with Crippen LogP contribution in [0, 0.1) is 0 Å². The van der Waals surface area contributed by atoms with Crippen LogP contribution in [0.25, 0.3) is 0 Å². The van der Waals surface area contributed by atoms with Crippen LogP contribution in [0.5, 0.6) is 5.75 Å². The van der Waals surface area contributed by atoms with Crippen LogP contribution in [-0.2, 0) is 0 Å². The lowest BCUT2D eigenvalue weighted by molar-refractivity contribution is 0.112. The summed E-state index contributed by atoms with van der Waals surface area (Å²) in [5.41, 5.74) is 3.74. The highest BCUT2D eigenvalue weighted by Crippen LogP contribution is 2.35. The molecule has 0 spiro atoms. The Morgan fingerprint density at radius 1 is 0.760 bits per heavy atom. The molecule has 0 aromatic heterocycles. The number of para-hydroxylation sites is 1. The molecule has 0 N–H and O–H groups in total. The van der Waals surface area contributed by atoms with Crippen molar-refractivity contribution < 1.29 is 9.53 Å². The minimum absolute atomic E-state index is 0.145. The van der Waals surface area contributed by atoms with Crippen molar-refractivity contribution in [1.82, 2.24) is 0 Å². The zero-order chi connectivity index (χ0) is 17.6. The molecule has 0 fully saturated rings. The largest absolute Gasteiger partial charge is 0.491 e. The molecule has 0 radical (unpaired) electrons. The lowest BCUT2D eigenvalue weighted by atomic mass is 10.1. The number of hydrogen-bond acceptors (Lipinski definition) is 3. The summed E-state index contributed by atoms with van der Waals surface area (Å²) in [6.45, 7) is 4.03. The molecule has 0 aliphatic rings. The molecular formula is C22H21NO2. The SMILES string of the molecule is CC(C)Oc1ccc(N(c2ccccc2)c2ccc(C=O)cc2)cc1. The van der Waals surface area contributed by atoms with E-state index in [4.69, 9.17) is 4.74 Å². The van der Waals surface area contributed by atoms with Gasteiger partial charge in [0.1, 0.15) is 12.0 Å². The number of anilines is 3. The first kappa shape index (κ1) is 16.8. The van der Waals surface area contributed by atoms with E-state index in [1.165, 1.54) is 0 Å². The molecule has 0 amide bonds. The van der Waals surface area contributed by atoms with Crippen molar-refractivity contribution >= 4 is 23.3 Å². The number of hydrogen-bond donors (Lipinski definition) is 0. The van der Waals surface area contributed by atoms with Crippen molar-refractivity contribution in [2.24, 2.45) is 0 Å². The molecule has 0 unspecified atom stereocenters. The van der Waals surface area contributed by atoms with E-state index in [-0.39, 0.29) is 6.10 Å². The summed E-state index contributed by atoms with van der Waals surface area (Å²) in [6, 6.07) is 25.7. The van der Waals surface area contributed by atoms with Gasteiger partial charge in [-0.15, -0.1) is 0 Å². The summed E-state index contributed by atoms with van der Waals surface area (Å²) in [7, 11) is 0. The van der Waals surface area contributed by atoms with Crippen LogP contribution in [0.1, 0.15) is 24.2 Å². The molecule has 0 saturated carbocycles. The molecule has 0 bridgehead atoms. The highest BCUT2D eigenvalue weighted by Gasteiger charge is 2.12. The molecule has 3 aromatic rings. The van der Waals surface area contributed by atoms with E-state index in [0.29, 0.717) is 5.56 Å². The van der Waals surface area contributed by atoms with E-state index >= 15 is 0 Å². The zero-order valence-electron chi connectivity index (χ0n) is 14.4. The summed E-state index contributed by atoms with van der Waals surface area (Å²) in [6.07, 6.45) is 1.00. The summed E-state index contributed by atoms with van der Waals surface area (Å²) in [4.78, 5) is 13.1. The van der Waals surface area contributed by atoms with E-state index < -0.39 is 0 Å². The van der Waals surface area contributed by atoms with E-state index in [1.807, 2.05) is 80.6 Å². The Morgan fingerprint density at radius 2 is 1.28 bits per heavy atom. The van der Waals surface area contributed by atoms with Gasteiger partial charge in [0.15, 0.2) is 0 Å². The fraction of sp³-hybridized carbons (Fsp3) is 0.136. The molecule has 0 heterocycles. The van der Waals surface area contributed by atoms with Crippen molar-refractivity contribution in [2.75, 3.05) is 4.90 Å². The Kier molecular flexibility index (Phi) is 5.14. The van der Waals surface area contributed by atoms with Crippen LogP contribution in [-0.4, -0.2) is 12.4 Å². The zero-order valence-corrected chi connectivity index (χ0v) is 14.4. The Balaban J connectivity index is 2.00. The number of benzene rings is 3. The molecule has 3 rings (SSSR count). The van der Waals surface area contributed by atoms with Crippen molar-refractivity contribution in [3.8, 4) is 5.75 Å². The monoisotopic (exact) mass is 331 g/mol. The third-order valence-corrected chi connectivity index (χ3v) is 3.77. The predicted octanol–water partition coefficient (Wildman–Crippen LogP) is 5.76. The second kappa shape index (κ2) is 7.67. The normalized spacial score (nSPS) is 10.5. The first-order valence-electron chi connectivity index (χ1n) is 8.34. The number of aldehydes is 1. The van der Waals surface area contributed by atoms with Crippen LogP contribution >= 0.6 is 0 Å². The Bertz CT molecular complexity index is 809. The van der Waals surface area contributed by atoms with E-state index in [1.54, 1.807) is 0 Å². The van der Waals surface area contributed by atoms with Gasteiger partial charge in [0.2, 0.25) is 0 Å². The minimum Gasteiger partial charge on any atom is -0.491 e. The molecular weight excluding hydrogens is 310 g/mol. The van der Waals surface area contributed by atoms with Crippen LogP contribution in [0.4, 0.5) is 17.1 Å². The summed E-state index contributed by atoms with van der Waals surface area (Å²) in [5.74, 6) is 0.850. The third-order valence-electron chi connectivity index (χ3n) is 3.77. The Morgan fingerprint density at radius 3 is 1.80 bits per heavy atom. The molecule has 126 valence electrons. The maximum atomic E-state index is 10.9. The quantitative estimate of drug-likeness (QED) is 0.538. The predicted molar refractivity (Wildman–Crippen MR) is 102 cm³/mol. The van der Waals surface area contributed by atoms with Gasteiger partial charge < -0.3 is 9.64 Å². The van der Waals surface area contributed by atoms with E-state index in [9.17, 15) is 4.79 Å². The molecule has 3 aromatic carbocycles. The van der Waals surface area contributed by atoms with Crippen molar-refractivity contribution in [3.63, 3.8) is 0 Å². The van der Waals surface area contributed by atoms with Crippen LogP contribution in [0.3, 0.4) is 0 Å². The second-order valence-corrected chi connectivity index (χ2v) is 6.04. The van der Waals surface area contributed by atoms with Crippen LogP contribution in [0.15, 0.2) is 78.9 Å². The van der Waals surface area contributed by atoms with Gasteiger partial charge in [0.05, 0.1) is 6.10 Å². The van der Waals surface area contributed by atoms with Crippen molar-refractivity contribution in [3.05, 3.63) is 84.4 Å². The van der Waals surface area contributed by atoms with Gasteiger partial charge in [-0.2, -0.15) is 0 Å². The number of carbonyl (C=O) groups is 1. The molecule has 0 aliphatic carbocycles. The Labute approximate surface area is 148 Å². The van der Waals surface area contributed by atoms with E-state index in [2.05, 4.69) is 17.0 Å². The van der Waals surface area contributed by atoms with Crippen LogP contribution in [0.2, 0.25) is 0 Å². The minimum atomic E-state index is 0.145. The third kappa shape index (κ3) is 4.07. The number of nitrogens with zero attached hydrogens (tertiary/aromatic N) is 1. The smallest absolute Gasteiger partial charge is 0.150 e. The van der Waals surface area contributed by atoms with Crippen molar-refractivity contribution in [2.45, 2.75) is 20.0 Å². The van der Waals surface area contributed by atoms with Crippen molar-refractivity contribution in [1.29, 1.82) is 0 Å². The molecule has 25 heavy (non-hydrogen) atoms. The second-order valence-electron chi connectivity index (χ2n) is 6.04. The average Bonchev–Trinajstić information content (AvgIpc) is 2.64. The summed E-state index contributed by atoms with van der Waals surface area (Å²) in [5, 5.41) is 0. The molecule has 0 atom stereocenters. The highest BCUT2D eigenvalue weighted by molar-refractivity contribution is 5.80. The summed E-state index contributed by atoms with van der Waals surface area (Å²) >= 11 is 0. The van der Waals surface area contributed by atoms with Gasteiger partial charge in [-0.25, -0.2) is 0 Å². The van der Waals surface area contributed by atoms with E-state index in [0.717, 1.165) is 29.1 Å². The summed E-state index contributed by atoms with van der Waals surface area (Å²) < 4.78 is 5.73. The van der Waals surface area contributed by atoms with Gasteiger partial charge in [0.25, 0.3) is 0 Å². The van der Waals surface area contributed by atoms with Gasteiger partial charge in [-0.05, 0) is 74.5 Å². The van der Waals surface area contributed by atoms with Gasteiger partial charge >= 0.3 is 0 Å². The van der Waals surface area contributed by atoms with Gasteiger partial charge in [-0.3, -0.25) is 4.79 Å². The highest BCUT2D eigenvalue weighted by atomic mass is 16.5. The number of rotatable bonds is 6. The topological polar surface area (TPSA) is 29.5 Å². The first-order chi connectivity index (χ1) is 12.2. The molecule has 3 heteroatoms.